The number of nitrogens with one attached hydrogen (secondary N) is 4. The van der Waals surface area contributed by atoms with Crippen LogP contribution in [0.5, 0.6) is 5.75 Å². The van der Waals surface area contributed by atoms with Crippen LogP contribution in [0, 0.1) is 0 Å². The summed E-state index contributed by atoms with van der Waals surface area (Å²) in [5, 5.41) is 15.8. The fourth-order valence-electron chi connectivity index (χ4n) is 2.94. The van der Waals surface area contributed by atoms with Crippen LogP contribution in [0.25, 0.3) is 0 Å². The van der Waals surface area contributed by atoms with Gasteiger partial charge in [0.2, 0.25) is 5.91 Å². The Hall–Kier alpha value is -2.61. The quantitative estimate of drug-likeness (QED) is 0.483. The molecule has 2 amide bonds. The van der Waals surface area contributed by atoms with Gasteiger partial charge in [0.1, 0.15) is 11.8 Å². The van der Waals surface area contributed by atoms with Gasteiger partial charge in [-0.3, -0.25) is 9.59 Å². The smallest absolute Gasteiger partial charge is 0.252 e. The monoisotopic (exact) mass is 388 g/mol. The minimum Gasteiger partial charge on any atom is -0.508 e. The summed E-state index contributed by atoms with van der Waals surface area (Å²) in [4.78, 5) is 24.3. The molecule has 27 heavy (non-hydrogen) atoms. The van der Waals surface area contributed by atoms with E-state index in [1.807, 2.05) is 12.1 Å². The summed E-state index contributed by atoms with van der Waals surface area (Å²) in [6.07, 6.45) is 0.509. The van der Waals surface area contributed by atoms with Gasteiger partial charge in [0, 0.05) is 18.7 Å². The summed E-state index contributed by atoms with van der Waals surface area (Å²) in [5.41, 5.74) is 7.11. The Kier molecular flexibility index (Phi) is 6.28. The van der Waals surface area contributed by atoms with Gasteiger partial charge in [-0.25, -0.2) is 10.9 Å². The van der Waals surface area contributed by atoms with Crippen molar-refractivity contribution in [3.63, 3.8) is 0 Å². The minimum absolute atomic E-state index is 0.151. The van der Waals surface area contributed by atoms with Crippen molar-refractivity contribution >= 4 is 23.4 Å². The van der Waals surface area contributed by atoms with E-state index in [0.29, 0.717) is 30.1 Å². The maximum absolute atomic E-state index is 12.3. The first-order valence-electron chi connectivity index (χ1n) is 8.65. The number of amides is 2. The fourth-order valence-corrected chi connectivity index (χ4v) is 3.16. The molecule has 2 unspecified atom stereocenters. The zero-order valence-electron chi connectivity index (χ0n) is 14.5. The van der Waals surface area contributed by atoms with Gasteiger partial charge in [0.05, 0.1) is 16.6 Å². The highest BCUT2D eigenvalue weighted by Gasteiger charge is 2.31. The first-order chi connectivity index (χ1) is 13.1. The molecule has 0 aliphatic carbocycles. The Morgan fingerprint density at radius 2 is 1.74 bits per heavy atom. The van der Waals surface area contributed by atoms with Crippen LogP contribution in [0.2, 0.25) is 5.02 Å². The molecule has 2 aromatic rings. The molecule has 0 saturated carbocycles. The first kappa shape index (κ1) is 19.2. The number of phenols is 1. The number of para-hydroxylation sites is 1. The van der Waals surface area contributed by atoms with Crippen molar-refractivity contribution < 1.29 is 14.7 Å². The molecule has 2 atom stereocenters. The van der Waals surface area contributed by atoms with Crippen LogP contribution in [0.1, 0.15) is 28.4 Å². The molecule has 1 fully saturated rings. The molecule has 8 heteroatoms. The Bertz CT molecular complexity index is 830. The van der Waals surface area contributed by atoms with Gasteiger partial charge in [-0.05, 0) is 24.6 Å². The van der Waals surface area contributed by atoms with E-state index in [4.69, 9.17) is 11.6 Å². The lowest BCUT2D eigenvalue weighted by molar-refractivity contribution is -0.122. The molecular formula is C19H21ClN4O3. The van der Waals surface area contributed by atoms with Crippen LogP contribution in [0.15, 0.2) is 48.5 Å². The number of carbonyl (C=O) groups is 2. The highest BCUT2D eigenvalue weighted by atomic mass is 35.5. The maximum Gasteiger partial charge on any atom is 0.252 e. The summed E-state index contributed by atoms with van der Waals surface area (Å²) in [7, 11) is 0. The van der Waals surface area contributed by atoms with Crippen LogP contribution in [-0.4, -0.2) is 36.1 Å². The fraction of sp³-hybridized carbons (Fsp3) is 0.263. The summed E-state index contributed by atoms with van der Waals surface area (Å²) in [6, 6.07) is 13.2. The summed E-state index contributed by atoms with van der Waals surface area (Å²) in [6.45, 7) is 0.591. The molecule has 1 aliphatic rings. The predicted molar refractivity (Wildman–Crippen MR) is 102 cm³/mol. The molecule has 1 heterocycles. The second-order valence-electron chi connectivity index (χ2n) is 6.22. The minimum atomic E-state index is -0.422. The summed E-state index contributed by atoms with van der Waals surface area (Å²) >= 11 is 5.98. The third kappa shape index (κ3) is 4.77. The molecule has 142 valence electrons. The van der Waals surface area contributed by atoms with Crippen molar-refractivity contribution in [2.75, 3.05) is 13.1 Å². The number of halogens is 1. The number of hydrazine groups is 1. The van der Waals surface area contributed by atoms with Crippen molar-refractivity contribution in [3.05, 3.63) is 64.7 Å². The molecule has 7 nitrogen and oxygen atoms in total. The van der Waals surface area contributed by atoms with Crippen molar-refractivity contribution in [1.29, 1.82) is 0 Å². The second-order valence-corrected chi connectivity index (χ2v) is 6.62. The van der Waals surface area contributed by atoms with Crippen LogP contribution in [-0.2, 0) is 4.79 Å². The number of aromatic hydroxyl groups is 1. The number of hydrogen-bond donors (Lipinski definition) is 5. The first-order valence-corrected chi connectivity index (χ1v) is 9.03. The Balaban J connectivity index is 1.42. The van der Waals surface area contributed by atoms with E-state index in [1.165, 1.54) is 0 Å². The lowest BCUT2D eigenvalue weighted by Gasteiger charge is -2.12. The number of hydrogen-bond acceptors (Lipinski definition) is 5. The average molecular weight is 389 g/mol. The number of benzene rings is 2. The van der Waals surface area contributed by atoms with Crippen molar-refractivity contribution in [2.24, 2.45) is 0 Å². The Morgan fingerprint density at radius 3 is 2.52 bits per heavy atom. The van der Waals surface area contributed by atoms with Gasteiger partial charge < -0.3 is 15.7 Å². The van der Waals surface area contributed by atoms with Gasteiger partial charge in [-0.2, -0.15) is 0 Å². The predicted octanol–water partition coefficient (Wildman–Crippen LogP) is 1.50. The lowest BCUT2D eigenvalue weighted by atomic mass is 10.0. The molecule has 0 aromatic heterocycles. The molecule has 3 rings (SSSR count). The highest BCUT2D eigenvalue weighted by Crippen LogP contribution is 2.28. The highest BCUT2D eigenvalue weighted by molar-refractivity contribution is 6.33. The van der Waals surface area contributed by atoms with E-state index in [2.05, 4.69) is 21.5 Å². The SMILES string of the molecule is O=C(NCCNC(=O)C1CC(c2ccccc2O)NN1)c1ccccc1Cl. The lowest BCUT2D eigenvalue weighted by Crippen LogP contribution is -2.45. The maximum atomic E-state index is 12.3. The largest absolute Gasteiger partial charge is 0.508 e. The third-order valence-corrected chi connectivity index (χ3v) is 4.69. The van der Waals surface area contributed by atoms with Crippen LogP contribution in [0.4, 0.5) is 0 Å². The molecule has 5 N–H and O–H groups in total. The standard InChI is InChI=1S/C19H21ClN4O3/c20-14-7-3-1-5-12(14)18(26)21-9-10-22-19(27)16-11-15(23-24-16)13-6-2-4-8-17(13)25/h1-8,15-16,23-25H,9-11H2,(H,21,26)(H,22,27). The van der Waals surface area contributed by atoms with E-state index in [-0.39, 0.29) is 23.6 Å². The molecule has 0 bridgehead atoms. The van der Waals surface area contributed by atoms with E-state index >= 15 is 0 Å². The van der Waals surface area contributed by atoms with Crippen LogP contribution >= 0.6 is 11.6 Å². The van der Waals surface area contributed by atoms with Crippen LogP contribution < -0.4 is 21.5 Å². The summed E-state index contributed by atoms with van der Waals surface area (Å²) in [5.74, 6) is -0.261. The summed E-state index contributed by atoms with van der Waals surface area (Å²) < 4.78 is 0. The van der Waals surface area contributed by atoms with Gasteiger partial charge >= 0.3 is 0 Å². The topological polar surface area (TPSA) is 102 Å². The van der Waals surface area contributed by atoms with Gasteiger partial charge in [-0.15, -0.1) is 0 Å². The van der Waals surface area contributed by atoms with E-state index < -0.39 is 6.04 Å². The van der Waals surface area contributed by atoms with Crippen molar-refractivity contribution in [3.8, 4) is 5.75 Å². The van der Waals surface area contributed by atoms with E-state index in [9.17, 15) is 14.7 Å². The molecule has 0 radical (unpaired) electrons. The molecular weight excluding hydrogens is 368 g/mol. The van der Waals surface area contributed by atoms with Gasteiger partial charge in [0.25, 0.3) is 5.91 Å². The zero-order chi connectivity index (χ0) is 19.2. The van der Waals surface area contributed by atoms with Gasteiger partial charge in [-0.1, -0.05) is 41.9 Å². The Morgan fingerprint density at radius 1 is 1.04 bits per heavy atom. The number of phenolic OH excluding ortho intramolecular Hbond substituents is 1. The third-order valence-electron chi connectivity index (χ3n) is 4.36. The second kappa shape index (κ2) is 8.85. The normalized spacial score (nSPS) is 18.9. The Labute approximate surface area is 162 Å². The number of carbonyl (C=O) groups excluding carboxylic acids is 2. The molecule has 0 spiro atoms. The molecule has 1 saturated heterocycles. The molecule has 2 aromatic carbocycles. The van der Waals surface area contributed by atoms with E-state index in [1.54, 1.807) is 36.4 Å². The molecule has 1 aliphatic heterocycles. The van der Waals surface area contributed by atoms with Crippen LogP contribution in [0.3, 0.4) is 0 Å². The zero-order valence-corrected chi connectivity index (χ0v) is 15.3. The van der Waals surface area contributed by atoms with Gasteiger partial charge in [0.15, 0.2) is 0 Å². The number of rotatable bonds is 6. The van der Waals surface area contributed by atoms with E-state index in [0.717, 1.165) is 5.56 Å². The van der Waals surface area contributed by atoms with Crippen molar-refractivity contribution in [1.82, 2.24) is 21.5 Å². The average Bonchev–Trinajstić information content (AvgIpc) is 3.15. The van der Waals surface area contributed by atoms with Crippen molar-refractivity contribution in [2.45, 2.75) is 18.5 Å².